The molecule has 0 radical (unpaired) electrons. The van der Waals surface area contributed by atoms with Gasteiger partial charge < -0.3 is 4.90 Å². The smallest absolute Gasteiger partial charge is 0.0277 e. The average molecular weight is 243 g/mol. The summed E-state index contributed by atoms with van der Waals surface area (Å²) in [5.41, 5.74) is 1.18. The molecule has 4 heteroatoms. The van der Waals surface area contributed by atoms with Crippen LogP contribution in [-0.2, 0) is 0 Å². The van der Waals surface area contributed by atoms with Gasteiger partial charge in [-0.2, -0.15) is 0 Å². The van der Waals surface area contributed by atoms with E-state index in [0.29, 0.717) is 5.92 Å². The van der Waals surface area contributed by atoms with E-state index in [1.54, 1.807) is 7.05 Å². The fourth-order valence-electron chi connectivity index (χ4n) is 1.82. The van der Waals surface area contributed by atoms with Crippen molar-refractivity contribution in [3.05, 3.63) is 11.8 Å². The molecule has 0 aromatic heterocycles. The van der Waals surface area contributed by atoms with Crippen LogP contribution in [0.5, 0.6) is 0 Å². The van der Waals surface area contributed by atoms with Crippen molar-refractivity contribution < 1.29 is 0 Å². The van der Waals surface area contributed by atoms with Crippen LogP contribution >= 0.6 is 11.9 Å². The molecule has 16 heavy (non-hydrogen) atoms. The zero-order valence-corrected chi connectivity index (χ0v) is 11.8. The molecule has 0 fully saturated rings. The highest BCUT2D eigenvalue weighted by Crippen LogP contribution is 2.12. The van der Waals surface area contributed by atoms with Gasteiger partial charge in [-0.1, -0.05) is 25.3 Å². The van der Waals surface area contributed by atoms with Crippen LogP contribution in [0.3, 0.4) is 0 Å². The predicted molar refractivity (Wildman–Crippen MR) is 75.8 cm³/mol. The molecule has 3 nitrogen and oxygen atoms in total. The maximum absolute atomic E-state index is 5.55. The first-order valence-corrected chi connectivity index (χ1v) is 6.81. The average Bonchev–Trinajstić information content (AvgIpc) is 2.18. The highest BCUT2D eigenvalue weighted by Gasteiger charge is 2.08. The zero-order valence-electron chi connectivity index (χ0n) is 10.9. The fourth-order valence-corrected chi connectivity index (χ4v) is 2.36. The second-order valence-electron chi connectivity index (χ2n) is 4.19. The number of allylic oxidation sites excluding steroid dienone is 1. The van der Waals surface area contributed by atoms with Crippen molar-refractivity contribution in [3.63, 3.8) is 0 Å². The van der Waals surface area contributed by atoms with E-state index in [0.717, 1.165) is 12.3 Å². The van der Waals surface area contributed by atoms with Gasteiger partial charge in [-0.05, 0) is 24.8 Å². The molecular formula is C12H25N3S. The van der Waals surface area contributed by atoms with Crippen molar-refractivity contribution in [2.24, 2.45) is 16.0 Å². The molecule has 0 spiro atoms. The lowest BCUT2D eigenvalue weighted by atomic mass is 10.1. The van der Waals surface area contributed by atoms with E-state index in [9.17, 15) is 0 Å². The van der Waals surface area contributed by atoms with Crippen molar-refractivity contribution >= 4 is 18.2 Å². The third-order valence-corrected chi connectivity index (χ3v) is 3.00. The summed E-state index contributed by atoms with van der Waals surface area (Å²) in [5.74, 6) is 1.71. The Hall–Kier alpha value is -0.480. The molecule has 1 atom stereocenters. The second kappa shape index (κ2) is 9.73. The molecule has 2 N–H and O–H groups in total. The van der Waals surface area contributed by atoms with Crippen molar-refractivity contribution in [2.75, 3.05) is 26.4 Å². The van der Waals surface area contributed by atoms with Gasteiger partial charge in [-0.3, -0.25) is 10.1 Å². The van der Waals surface area contributed by atoms with E-state index in [1.807, 2.05) is 6.21 Å². The number of aliphatic imine (C=N–C) groups is 1. The van der Waals surface area contributed by atoms with Gasteiger partial charge in [0.25, 0.3) is 0 Å². The third-order valence-electron chi connectivity index (χ3n) is 2.33. The van der Waals surface area contributed by atoms with Crippen LogP contribution in [0.1, 0.15) is 26.7 Å². The lowest BCUT2D eigenvalue weighted by Gasteiger charge is -2.22. The highest BCUT2D eigenvalue weighted by atomic mass is 32.2. The zero-order chi connectivity index (χ0) is 12.4. The number of hydrogen-bond donors (Lipinski definition) is 1. The van der Waals surface area contributed by atoms with Gasteiger partial charge in [0.15, 0.2) is 0 Å². The van der Waals surface area contributed by atoms with Gasteiger partial charge in [-0.25, -0.2) is 0 Å². The summed E-state index contributed by atoms with van der Waals surface area (Å²) >= 11 is 1.45. The largest absolute Gasteiger partial charge is 0.380 e. The first-order chi connectivity index (χ1) is 7.63. The fraction of sp³-hybridized carbons (Fsp3) is 0.750. The normalized spacial score (nSPS) is 14.4. The van der Waals surface area contributed by atoms with E-state index in [1.165, 1.54) is 30.4 Å². The summed E-state index contributed by atoms with van der Waals surface area (Å²) in [5, 5.41) is 5.55. The van der Waals surface area contributed by atoms with Crippen LogP contribution in [0, 0.1) is 5.92 Å². The minimum absolute atomic E-state index is 0.674. The Balaban J connectivity index is 4.16. The van der Waals surface area contributed by atoms with Crippen molar-refractivity contribution in [3.8, 4) is 0 Å². The maximum atomic E-state index is 5.55. The molecule has 0 aliphatic carbocycles. The topological polar surface area (TPSA) is 41.6 Å². The van der Waals surface area contributed by atoms with Gasteiger partial charge in [0.1, 0.15) is 0 Å². The van der Waals surface area contributed by atoms with Crippen molar-refractivity contribution in [1.82, 2.24) is 4.90 Å². The van der Waals surface area contributed by atoms with Crippen LogP contribution in [-0.4, -0.2) is 37.5 Å². The Bertz CT molecular complexity index is 220. The predicted octanol–water partition coefficient (Wildman–Crippen LogP) is 2.55. The molecule has 0 heterocycles. The van der Waals surface area contributed by atoms with Gasteiger partial charge in [0.2, 0.25) is 0 Å². The van der Waals surface area contributed by atoms with Crippen LogP contribution in [0.15, 0.2) is 16.8 Å². The second-order valence-corrected chi connectivity index (χ2v) is 4.85. The number of rotatable bonds is 8. The van der Waals surface area contributed by atoms with E-state index < -0.39 is 0 Å². The number of nitrogens with zero attached hydrogens (tertiary/aromatic N) is 2. The molecule has 0 saturated heterocycles. The first kappa shape index (κ1) is 15.5. The van der Waals surface area contributed by atoms with Gasteiger partial charge in [-0.15, -0.1) is 0 Å². The summed E-state index contributed by atoms with van der Waals surface area (Å²) in [7, 11) is 3.90. The van der Waals surface area contributed by atoms with E-state index in [4.69, 9.17) is 5.14 Å². The van der Waals surface area contributed by atoms with Crippen LogP contribution in [0.4, 0.5) is 0 Å². The summed E-state index contributed by atoms with van der Waals surface area (Å²) in [4.78, 5) is 6.23. The minimum atomic E-state index is 0.674. The van der Waals surface area contributed by atoms with Crippen LogP contribution in [0.2, 0.25) is 0 Å². The molecule has 94 valence electrons. The molecular weight excluding hydrogens is 218 g/mol. The van der Waals surface area contributed by atoms with Crippen LogP contribution in [0.25, 0.3) is 0 Å². The van der Waals surface area contributed by atoms with Crippen molar-refractivity contribution in [2.45, 2.75) is 26.7 Å². The van der Waals surface area contributed by atoms with Crippen molar-refractivity contribution in [1.29, 1.82) is 0 Å². The monoisotopic (exact) mass is 243 g/mol. The Kier molecular flexibility index (Phi) is 9.43. The van der Waals surface area contributed by atoms with Gasteiger partial charge >= 0.3 is 0 Å². The first-order valence-electron chi connectivity index (χ1n) is 5.76. The molecule has 0 aliphatic heterocycles. The maximum Gasteiger partial charge on any atom is 0.0277 e. The molecule has 0 aromatic carbocycles. The molecule has 1 unspecified atom stereocenters. The Morgan fingerprint density at radius 2 is 2.25 bits per heavy atom. The summed E-state index contributed by atoms with van der Waals surface area (Å²) in [6.45, 7) is 5.35. The Morgan fingerprint density at radius 3 is 2.75 bits per heavy atom. The molecule has 0 rings (SSSR count). The molecule has 0 aliphatic rings. The molecule has 0 bridgehead atoms. The highest BCUT2D eigenvalue weighted by molar-refractivity contribution is 7.97. The quantitative estimate of drug-likeness (QED) is 0.526. The standard InChI is InChI=1S/C12H25N3S/c1-5-6-12(10-16-13)9-15(4)8-11(2)7-14-3/h7-8,12H,5-6,9-10,13H2,1-4H3/b11-8-,14-7-. The minimum Gasteiger partial charge on any atom is -0.380 e. The third kappa shape index (κ3) is 7.77. The van der Waals surface area contributed by atoms with Crippen LogP contribution < -0.4 is 5.14 Å². The van der Waals surface area contributed by atoms with E-state index >= 15 is 0 Å². The van der Waals surface area contributed by atoms with E-state index in [-0.39, 0.29) is 0 Å². The summed E-state index contributed by atoms with van der Waals surface area (Å²) in [6, 6.07) is 0. The Labute approximate surface area is 104 Å². The van der Waals surface area contributed by atoms with Gasteiger partial charge in [0, 0.05) is 38.8 Å². The molecule has 0 saturated carbocycles. The Morgan fingerprint density at radius 1 is 1.56 bits per heavy atom. The van der Waals surface area contributed by atoms with Gasteiger partial charge in [0.05, 0.1) is 0 Å². The lowest BCUT2D eigenvalue weighted by molar-refractivity contribution is 0.359. The molecule has 0 aromatic rings. The molecule has 0 amide bonds. The lowest BCUT2D eigenvalue weighted by Crippen LogP contribution is -2.23. The number of nitrogens with two attached hydrogens (primary N) is 1. The summed E-state index contributed by atoms with van der Waals surface area (Å²) in [6.07, 6.45) is 6.47. The SMILES string of the molecule is CCCC(CSN)CN(C)/C=C(C)\C=N/C. The number of hydrogen-bond acceptors (Lipinski definition) is 4. The summed E-state index contributed by atoms with van der Waals surface area (Å²) < 4.78 is 0. The van der Waals surface area contributed by atoms with E-state index in [2.05, 4.69) is 37.0 Å².